The van der Waals surface area contributed by atoms with Gasteiger partial charge >= 0.3 is 0 Å². The van der Waals surface area contributed by atoms with Crippen LogP contribution in [0.2, 0.25) is 0 Å². The van der Waals surface area contributed by atoms with E-state index >= 15 is 0 Å². The lowest BCUT2D eigenvalue weighted by atomic mass is 9.97. The van der Waals surface area contributed by atoms with Crippen molar-refractivity contribution >= 4 is 0 Å². The number of aryl methyl sites for hydroxylation is 1. The van der Waals surface area contributed by atoms with Crippen LogP contribution < -0.4 is 10.5 Å². The Kier molecular flexibility index (Phi) is 2.14. The molecule has 0 saturated heterocycles. The summed E-state index contributed by atoms with van der Waals surface area (Å²) in [5.74, 6) is 0.769. The maximum absolute atomic E-state index is 8.85. The van der Waals surface area contributed by atoms with Crippen LogP contribution in [0.5, 0.6) is 5.75 Å². The largest absolute Gasteiger partial charge is 0.493 e. The maximum Gasteiger partial charge on any atom is 0.125 e. The fourth-order valence-electron chi connectivity index (χ4n) is 1.70. The second-order valence-electron chi connectivity index (χ2n) is 3.56. The van der Waals surface area contributed by atoms with E-state index in [-0.39, 0.29) is 6.04 Å². The van der Waals surface area contributed by atoms with Gasteiger partial charge in [-0.25, -0.2) is 0 Å². The number of fused-ring (bicyclic) bond motifs is 1. The highest BCUT2D eigenvalue weighted by Gasteiger charge is 2.19. The summed E-state index contributed by atoms with van der Waals surface area (Å²) in [6.07, 6.45) is 0.846. The molecule has 1 aliphatic rings. The van der Waals surface area contributed by atoms with Crippen LogP contribution >= 0.6 is 0 Å². The van der Waals surface area contributed by atoms with Crippen molar-refractivity contribution in [1.29, 1.82) is 5.26 Å². The van der Waals surface area contributed by atoms with Crippen LogP contribution in [0.4, 0.5) is 0 Å². The van der Waals surface area contributed by atoms with Crippen LogP contribution in [0.3, 0.4) is 0 Å². The first-order valence-electron chi connectivity index (χ1n) is 4.65. The number of nitriles is 1. The first kappa shape index (κ1) is 9.04. The van der Waals surface area contributed by atoms with Gasteiger partial charge in [0.1, 0.15) is 5.75 Å². The van der Waals surface area contributed by atoms with Crippen molar-refractivity contribution in [3.63, 3.8) is 0 Å². The van der Waals surface area contributed by atoms with Gasteiger partial charge in [0.25, 0.3) is 0 Å². The molecule has 1 aromatic carbocycles. The number of ether oxygens (including phenoxy) is 1. The average Bonchev–Trinajstić information content (AvgIpc) is 2.19. The minimum absolute atomic E-state index is 0.0465. The predicted octanol–water partition coefficient (Wildman–Crippen LogP) is 1.65. The molecule has 0 amide bonds. The Balaban J connectivity index is 2.55. The zero-order chi connectivity index (χ0) is 10.1. The molecule has 0 fully saturated rings. The molecule has 0 aliphatic carbocycles. The highest BCUT2D eigenvalue weighted by molar-refractivity contribution is 5.49. The second kappa shape index (κ2) is 3.32. The van der Waals surface area contributed by atoms with E-state index in [9.17, 15) is 0 Å². The molecule has 1 aromatic rings. The summed E-state index contributed by atoms with van der Waals surface area (Å²) < 4.78 is 5.46. The Morgan fingerprint density at radius 1 is 1.57 bits per heavy atom. The molecule has 1 aliphatic heterocycles. The maximum atomic E-state index is 8.85. The van der Waals surface area contributed by atoms with Gasteiger partial charge in [-0.05, 0) is 24.6 Å². The van der Waals surface area contributed by atoms with Crippen molar-refractivity contribution in [2.75, 3.05) is 6.61 Å². The predicted molar refractivity (Wildman–Crippen MR) is 52.9 cm³/mol. The Morgan fingerprint density at radius 2 is 2.36 bits per heavy atom. The normalized spacial score (nSPS) is 19.4. The summed E-state index contributed by atoms with van der Waals surface area (Å²) >= 11 is 0. The van der Waals surface area contributed by atoms with Crippen LogP contribution in [0.15, 0.2) is 12.1 Å². The minimum Gasteiger partial charge on any atom is -0.493 e. The van der Waals surface area contributed by atoms with Gasteiger partial charge in [0.15, 0.2) is 0 Å². The third kappa shape index (κ3) is 1.34. The van der Waals surface area contributed by atoms with Crippen molar-refractivity contribution in [3.05, 3.63) is 28.8 Å². The van der Waals surface area contributed by atoms with Gasteiger partial charge in [-0.2, -0.15) is 5.26 Å². The van der Waals surface area contributed by atoms with E-state index in [0.29, 0.717) is 12.2 Å². The van der Waals surface area contributed by atoms with E-state index < -0.39 is 0 Å². The van der Waals surface area contributed by atoms with Crippen molar-refractivity contribution in [3.8, 4) is 11.8 Å². The van der Waals surface area contributed by atoms with Crippen molar-refractivity contribution in [2.45, 2.75) is 19.4 Å². The number of nitrogens with two attached hydrogens (primary N) is 1. The lowest BCUT2D eigenvalue weighted by molar-refractivity contribution is 0.269. The van der Waals surface area contributed by atoms with Gasteiger partial charge in [-0.15, -0.1) is 0 Å². The number of hydrogen-bond donors (Lipinski definition) is 1. The summed E-state index contributed by atoms with van der Waals surface area (Å²) in [4.78, 5) is 0. The molecule has 0 saturated carbocycles. The molecule has 0 bridgehead atoms. The van der Waals surface area contributed by atoms with Gasteiger partial charge in [-0.3, -0.25) is 0 Å². The van der Waals surface area contributed by atoms with Crippen LogP contribution in [0.25, 0.3) is 0 Å². The summed E-state index contributed by atoms with van der Waals surface area (Å²) in [6, 6.07) is 5.92. The molecule has 3 nitrogen and oxygen atoms in total. The van der Waals surface area contributed by atoms with E-state index in [4.69, 9.17) is 15.7 Å². The first-order chi connectivity index (χ1) is 6.72. The first-order valence-corrected chi connectivity index (χ1v) is 4.65. The van der Waals surface area contributed by atoms with Gasteiger partial charge < -0.3 is 10.5 Å². The van der Waals surface area contributed by atoms with Gasteiger partial charge in [0, 0.05) is 18.0 Å². The Bertz CT molecular complexity index is 406. The van der Waals surface area contributed by atoms with E-state index in [1.165, 1.54) is 0 Å². The monoisotopic (exact) mass is 188 g/mol. The fraction of sp³-hybridized carbons (Fsp3) is 0.364. The molecule has 0 aromatic heterocycles. The lowest BCUT2D eigenvalue weighted by Crippen LogP contribution is -2.20. The Morgan fingerprint density at radius 3 is 3.07 bits per heavy atom. The molecule has 0 spiro atoms. The van der Waals surface area contributed by atoms with Crippen molar-refractivity contribution in [1.82, 2.24) is 0 Å². The molecular weight excluding hydrogens is 176 g/mol. The van der Waals surface area contributed by atoms with Gasteiger partial charge in [0.2, 0.25) is 0 Å². The SMILES string of the molecule is Cc1cc2c(cc1C#N)OCC[C@@H]2N. The smallest absolute Gasteiger partial charge is 0.125 e. The van der Waals surface area contributed by atoms with Crippen LogP contribution in [-0.2, 0) is 0 Å². The number of rotatable bonds is 0. The second-order valence-corrected chi connectivity index (χ2v) is 3.56. The zero-order valence-corrected chi connectivity index (χ0v) is 8.08. The summed E-state index contributed by atoms with van der Waals surface area (Å²) in [7, 11) is 0. The number of benzene rings is 1. The fourth-order valence-corrected chi connectivity index (χ4v) is 1.70. The zero-order valence-electron chi connectivity index (χ0n) is 8.08. The quantitative estimate of drug-likeness (QED) is 0.673. The van der Waals surface area contributed by atoms with Gasteiger partial charge in [-0.1, -0.05) is 0 Å². The van der Waals surface area contributed by atoms with Crippen LogP contribution in [-0.4, -0.2) is 6.61 Å². The lowest BCUT2D eigenvalue weighted by Gasteiger charge is -2.23. The highest BCUT2D eigenvalue weighted by atomic mass is 16.5. The highest BCUT2D eigenvalue weighted by Crippen LogP contribution is 2.32. The van der Waals surface area contributed by atoms with Crippen molar-refractivity contribution in [2.24, 2.45) is 5.73 Å². The van der Waals surface area contributed by atoms with Crippen LogP contribution in [0.1, 0.15) is 29.2 Å². The topological polar surface area (TPSA) is 59.0 Å². The third-order valence-electron chi connectivity index (χ3n) is 2.56. The van der Waals surface area contributed by atoms with E-state index in [1.807, 2.05) is 13.0 Å². The average molecular weight is 188 g/mol. The Hall–Kier alpha value is -1.53. The molecule has 2 rings (SSSR count). The standard InChI is InChI=1S/C11H12N2O/c1-7-4-9-10(13)2-3-14-11(9)5-8(7)6-12/h4-5,10H,2-3,13H2,1H3/t10-/m0/s1. The van der Waals surface area contributed by atoms with Gasteiger partial charge in [0.05, 0.1) is 18.2 Å². The molecule has 1 atom stereocenters. The van der Waals surface area contributed by atoms with E-state index in [1.54, 1.807) is 6.07 Å². The summed E-state index contributed by atoms with van der Waals surface area (Å²) in [5, 5.41) is 8.85. The summed E-state index contributed by atoms with van der Waals surface area (Å²) in [6.45, 7) is 2.56. The number of nitrogens with zero attached hydrogens (tertiary/aromatic N) is 1. The summed E-state index contributed by atoms with van der Waals surface area (Å²) in [5.41, 5.74) is 8.59. The molecule has 3 heteroatoms. The van der Waals surface area contributed by atoms with E-state index in [2.05, 4.69) is 6.07 Å². The van der Waals surface area contributed by atoms with Crippen LogP contribution in [0, 0.1) is 18.3 Å². The molecule has 1 heterocycles. The Labute approximate surface area is 83.1 Å². The molecule has 2 N–H and O–H groups in total. The molecule has 0 unspecified atom stereocenters. The minimum atomic E-state index is 0.0465. The van der Waals surface area contributed by atoms with E-state index in [0.717, 1.165) is 23.3 Å². The third-order valence-corrected chi connectivity index (χ3v) is 2.56. The molecule has 0 radical (unpaired) electrons. The molecule has 14 heavy (non-hydrogen) atoms. The van der Waals surface area contributed by atoms with Crippen molar-refractivity contribution < 1.29 is 4.74 Å². The number of hydrogen-bond acceptors (Lipinski definition) is 3. The molecule has 72 valence electrons. The molecular formula is C11H12N2O.